The van der Waals surface area contributed by atoms with E-state index >= 15 is 0 Å². The lowest BCUT2D eigenvalue weighted by molar-refractivity contribution is 0.846. The summed E-state index contributed by atoms with van der Waals surface area (Å²) in [4.78, 5) is 4.65. The number of hydrogen-bond acceptors (Lipinski definition) is 4. The molecule has 0 atom stereocenters. The van der Waals surface area contributed by atoms with Gasteiger partial charge in [0.25, 0.3) is 0 Å². The number of nitrogens with one attached hydrogen (secondary N) is 1. The Balaban J connectivity index is 2.08. The van der Waals surface area contributed by atoms with Crippen molar-refractivity contribution in [1.82, 2.24) is 14.6 Å². The van der Waals surface area contributed by atoms with Crippen LogP contribution in [0.5, 0.6) is 0 Å². The van der Waals surface area contributed by atoms with E-state index in [4.69, 9.17) is 10.8 Å². The van der Waals surface area contributed by atoms with Crippen LogP contribution in [0.4, 0.5) is 5.82 Å². The number of fused-ring (bicyclic) bond motifs is 1. The van der Waals surface area contributed by atoms with Crippen LogP contribution < -0.4 is 11.1 Å². The third kappa shape index (κ3) is 2.67. The van der Waals surface area contributed by atoms with Crippen LogP contribution in [-0.2, 0) is 0 Å². The van der Waals surface area contributed by atoms with Crippen molar-refractivity contribution in [3.8, 4) is 11.3 Å². The lowest BCUT2D eigenvalue weighted by Crippen LogP contribution is -2.13. The minimum absolute atomic E-state index is 0.674. The number of rotatable bonds is 5. The fourth-order valence-electron chi connectivity index (χ4n) is 2.47. The monoisotopic (exact) mass is 295 g/mol. The predicted molar refractivity (Wildman–Crippen MR) is 90.1 cm³/mol. The number of aromatic nitrogens is 3. The van der Waals surface area contributed by atoms with Gasteiger partial charge in [0.05, 0.1) is 5.69 Å². The fourth-order valence-corrected chi connectivity index (χ4v) is 2.47. The average molecular weight is 295 g/mol. The van der Waals surface area contributed by atoms with E-state index in [1.165, 1.54) is 0 Å². The van der Waals surface area contributed by atoms with Crippen molar-refractivity contribution in [2.24, 2.45) is 5.73 Å². The molecule has 0 radical (unpaired) electrons. The zero-order valence-corrected chi connectivity index (χ0v) is 13.0. The van der Waals surface area contributed by atoms with Gasteiger partial charge in [-0.05, 0) is 26.8 Å². The first-order valence-corrected chi connectivity index (χ1v) is 7.57. The van der Waals surface area contributed by atoms with Crippen molar-refractivity contribution in [2.75, 3.05) is 18.4 Å². The Morgan fingerprint density at radius 1 is 1.18 bits per heavy atom. The van der Waals surface area contributed by atoms with Gasteiger partial charge >= 0.3 is 0 Å². The zero-order chi connectivity index (χ0) is 15.5. The Labute approximate surface area is 130 Å². The second kappa shape index (κ2) is 6.15. The molecule has 114 valence electrons. The molecule has 0 aliphatic carbocycles. The van der Waals surface area contributed by atoms with Gasteiger partial charge in [-0.2, -0.15) is 9.61 Å². The second-order valence-electron chi connectivity index (χ2n) is 5.41. The third-order valence-corrected chi connectivity index (χ3v) is 3.83. The van der Waals surface area contributed by atoms with Gasteiger partial charge in [0.1, 0.15) is 5.82 Å². The average Bonchev–Trinajstić information content (AvgIpc) is 2.95. The molecule has 3 rings (SSSR count). The van der Waals surface area contributed by atoms with E-state index < -0.39 is 0 Å². The van der Waals surface area contributed by atoms with E-state index in [0.29, 0.717) is 6.54 Å². The normalized spacial score (nSPS) is 11.0. The molecule has 2 heterocycles. The highest BCUT2D eigenvalue weighted by Crippen LogP contribution is 2.24. The lowest BCUT2D eigenvalue weighted by Gasteiger charge is -2.12. The summed E-state index contributed by atoms with van der Waals surface area (Å²) in [6.07, 6.45) is 0.926. The second-order valence-corrected chi connectivity index (χ2v) is 5.41. The summed E-state index contributed by atoms with van der Waals surface area (Å²) in [5, 5.41) is 8.17. The minimum Gasteiger partial charge on any atom is -0.370 e. The van der Waals surface area contributed by atoms with Crippen molar-refractivity contribution < 1.29 is 0 Å². The summed E-state index contributed by atoms with van der Waals surface area (Å²) >= 11 is 0. The number of aryl methyl sites for hydroxylation is 1. The standard InChI is InChI=1S/C17H21N5/c1-12-13(2)20-16-11-15(14-7-4-3-5-8-14)21-22(16)17(12)19-10-6-9-18/h3-5,7-8,11,19H,6,9-10,18H2,1-2H3. The van der Waals surface area contributed by atoms with E-state index in [-0.39, 0.29) is 0 Å². The SMILES string of the molecule is Cc1nc2cc(-c3ccccc3)nn2c(NCCCN)c1C. The van der Waals surface area contributed by atoms with Crippen molar-refractivity contribution in [3.05, 3.63) is 47.7 Å². The van der Waals surface area contributed by atoms with Crippen LogP contribution in [0.1, 0.15) is 17.7 Å². The summed E-state index contributed by atoms with van der Waals surface area (Å²) in [5.41, 5.74) is 10.6. The molecule has 0 aliphatic heterocycles. The fraction of sp³-hybridized carbons (Fsp3) is 0.294. The van der Waals surface area contributed by atoms with Gasteiger partial charge in [-0.15, -0.1) is 0 Å². The number of anilines is 1. The highest BCUT2D eigenvalue weighted by Gasteiger charge is 2.12. The van der Waals surface area contributed by atoms with E-state index in [1.54, 1.807) is 0 Å². The molecule has 0 unspecified atom stereocenters. The zero-order valence-electron chi connectivity index (χ0n) is 13.0. The van der Waals surface area contributed by atoms with Gasteiger partial charge in [-0.3, -0.25) is 0 Å². The summed E-state index contributed by atoms with van der Waals surface area (Å²) in [6, 6.07) is 12.2. The Hall–Kier alpha value is -2.40. The molecule has 0 aliphatic rings. The molecule has 0 spiro atoms. The topological polar surface area (TPSA) is 68.2 Å². The molecule has 1 aromatic carbocycles. The predicted octanol–water partition coefficient (Wildman–Crippen LogP) is 2.77. The molecular formula is C17H21N5. The largest absolute Gasteiger partial charge is 0.370 e. The lowest BCUT2D eigenvalue weighted by atomic mass is 10.2. The summed E-state index contributed by atoms with van der Waals surface area (Å²) in [6.45, 7) is 5.60. The van der Waals surface area contributed by atoms with Gasteiger partial charge in [0, 0.05) is 29.4 Å². The molecule has 3 N–H and O–H groups in total. The van der Waals surface area contributed by atoms with Gasteiger partial charge in [-0.1, -0.05) is 30.3 Å². The molecule has 0 saturated carbocycles. The number of benzene rings is 1. The number of nitrogens with two attached hydrogens (primary N) is 1. The molecule has 0 amide bonds. The molecular weight excluding hydrogens is 274 g/mol. The van der Waals surface area contributed by atoms with Crippen LogP contribution in [0.15, 0.2) is 36.4 Å². The summed E-state index contributed by atoms with van der Waals surface area (Å²) in [5.74, 6) is 0.998. The molecule has 5 nitrogen and oxygen atoms in total. The first-order valence-electron chi connectivity index (χ1n) is 7.57. The van der Waals surface area contributed by atoms with E-state index in [1.807, 2.05) is 35.7 Å². The maximum atomic E-state index is 5.58. The molecule has 5 heteroatoms. The highest BCUT2D eigenvalue weighted by molar-refractivity contribution is 5.66. The Bertz CT molecular complexity index is 777. The highest BCUT2D eigenvalue weighted by atomic mass is 15.3. The maximum absolute atomic E-state index is 5.58. The first-order chi connectivity index (χ1) is 10.7. The molecule has 2 aromatic heterocycles. The molecule has 3 aromatic rings. The number of hydrogen-bond donors (Lipinski definition) is 2. The Morgan fingerprint density at radius 3 is 2.68 bits per heavy atom. The van der Waals surface area contributed by atoms with Crippen molar-refractivity contribution in [2.45, 2.75) is 20.3 Å². The van der Waals surface area contributed by atoms with Crippen LogP contribution in [0, 0.1) is 13.8 Å². The molecule has 22 heavy (non-hydrogen) atoms. The van der Waals surface area contributed by atoms with Crippen molar-refractivity contribution in [3.63, 3.8) is 0 Å². The smallest absolute Gasteiger partial charge is 0.158 e. The molecule has 0 bridgehead atoms. The molecule has 0 saturated heterocycles. The van der Waals surface area contributed by atoms with E-state index in [2.05, 4.69) is 29.4 Å². The van der Waals surface area contributed by atoms with E-state index in [0.717, 1.165) is 46.9 Å². The van der Waals surface area contributed by atoms with Crippen LogP contribution in [0.25, 0.3) is 16.9 Å². The minimum atomic E-state index is 0.674. The van der Waals surface area contributed by atoms with Crippen molar-refractivity contribution >= 4 is 11.5 Å². The quantitative estimate of drug-likeness (QED) is 0.710. The van der Waals surface area contributed by atoms with Crippen molar-refractivity contribution in [1.29, 1.82) is 0 Å². The first kappa shape index (κ1) is 14.5. The van der Waals surface area contributed by atoms with Crippen LogP contribution in [-0.4, -0.2) is 27.7 Å². The van der Waals surface area contributed by atoms with Gasteiger partial charge in [0.15, 0.2) is 5.65 Å². The maximum Gasteiger partial charge on any atom is 0.158 e. The summed E-state index contributed by atoms with van der Waals surface area (Å²) < 4.78 is 1.89. The molecule has 0 fully saturated rings. The summed E-state index contributed by atoms with van der Waals surface area (Å²) in [7, 11) is 0. The van der Waals surface area contributed by atoms with Crippen LogP contribution in [0.2, 0.25) is 0 Å². The number of nitrogens with zero attached hydrogens (tertiary/aromatic N) is 3. The van der Waals surface area contributed by atoms with Gasteiger partial charge in [0.2, 0.25) is 0 Å². The van der Waals surface area contributed by atoms with Gasteiger partial charge in [-0.25, -0.2) is 4.98 Å². The van der Waals surface area contributed by atoms with Gasteiger partial charge < -0.3 is 11.1 Å². The Morgan fingerprint density at radius 2 is 1.95 bits per heavy atom. The third-order valence-electron chi connectivity index (χ3n) is 3.83. The Kier molecular flexibility index (Phi) is 4.06. The van der Waals surface area contributed by atoms with Crippen LogP contribution >= 0.6 is 0 Å². The van der Waals surface area contributed by atoms with Crippen LogP contribution in [0.3, 0.4) is 0 Å². The van der Waals surface area contributed by atoms with E-state index in [9.17, 15) is 0 Å².